The third kappa shape index (κ3) is 3.31. The van der Waals surface area contributed by atoms with Gasteiger partial charge in [-0.15, -0.1) is 11.8 Å². The first-order valence-corrected chi connectivity index (χ1v) is 9.66. The van der Waals surface area contributed by atoms with Gasteiger partial charge in [0.2, 0.25) is 5.95 Å². The molecule has 0 aliphatic carbocycles. The molecule has 7 nitrogen and oxygen atoms in total. The second kappa shape index (κ2) is 7.24. The van der Waals surface area contributed by atoms with Crippen LogP contribution in [0.4, 0.5) is 11.6 Å². The average molecular weight is 378 g/mol. The zero-order valence-electron chi connectivity index (χ0n) is 14.9. The fourth-order valence-electron chi connectivity index (χ4n) is 3.12. The van der Waals surface area contributed by atoms with E-state index in [-0.39, 0.29) is 5.91 Å². The molecule has 136 valence electrons. The first-order chi connectivity index (χ1) is 13.2. The van der Waals surface area contributed by atoms with Crippen LogP contribution in [0.1, 0.15) is 18.5 Å². The van der Waals surface area contributed by atoms with Crippen molar-refractivity contribution in [2.75, 3.05) is 16.9 Å². The number of hydrogen-bond donors (Lipinski definition) is 2. The normalized spacial score (nSPS) is 15.9. The summed E-state index contributed by atoms with van der Waals surface area (Å²) in [5.41, 5.74) is 2.99. The number of para-hydroxylation sites is 1. The molecule has 1 amide bonds. The molecule has 2 N–H and O–H groups in total. The third-order valence-corrected chi connectivity index (χ3v) is 5.17. The zero-order valence-corrected chi connectivity index (χ0v) is 15.7. The monoisotopic (exact) mass is 378 g/mol. The lowest BCUT2D eigenvalue weighted by molar-refractivity contribution is -0.113. The van der Waals surface area contributed by atoms with E-state index in [1.807, 2.05) is 67.8 Å². The van der Waals surface area contributed by atoms with Gasteiger partial charge in [0.05, 0.1) is 5.57 Å². The topological polar surface area (TPSA) is 84.7 Å². The number of tetrazole rings is 1. The number of amides is 1. The summed E-state index contributed by atoms with van der Waals surface area (Å²) in [7, 11) is 0. The van der Waals surface area contributed by atoms with Gasteiger partial charge in [0, 0.05) is 16.3 Å². The summed E-state index contributed by atoms with van der Waals surface area (Å²) >= 11 is 1.67. The van der Waals surface area contributed by atoms with Crippen LogP contribution in [0.25, 0.3) is 0 Å². The lowest BCUT2D eigenvalue weighted by atomic mass is 9.95. The molecule has 3 aromatic rings. The van der Waals surface area contributed by atoms with Crippen LogP contribution in [0, 0.1) is 0 Å². The number of hydrogen-bond acceptors (Lipinski definition) is 6. The molecule has 0 bridgehead atoms. The van der Waals surface area contributed by atoms with E-state index >= 15 is 0 Å². The average Bonchev–Trinajstić information content (AvgIpc) is 3.15. The molecule has 0 radical (unpaired) electrons. The minimum atomic E-state index is -0.407. The van der Waals surface area contributed by atoms with E-state index in [0.717, 1.165) is 21.8 Å². The Morgan fingerprint density at radius 2 is 1.89 bits per heavy atom. The van der Waals surface area contributed by atoms with Crippen LogP contribution < -0.4 is 10.6 Å². The number of rotatable bonds is 4. The van der Waals surface area contributed by atoms with Crippen LogP contribution in [0.15, 0.2) is 70.8 Å². The third-order valence-electron chi connectivity index (χ3n) is 4.42. The molecule has 1 aromatic heterocycles. The molecule has 1 aliphatic heterocycles. The lowest BCUT2D eigenvalue weighted by Crippen LogP contribution is -2.31. The fraction of sp³-hybridized carbons (Fsp3) is 0.158. The SMILES string of the molecule is CSc1ccc(C2C(C(=O)Nc3ccccc3)=C(C)Nc3nnnn32)cc1. The van der Waals surface area contributed by atoms with Gasteiger partial charge in [0.1, 0.15) is 6.04 Å². The van der Waals surface area contributed by atoms with E-state index in [1.165, 1.54) is 0 Å². The van der Waals surface area contributed by atoms with Gasteiger partial charge < -0.3 is 10.6 Å². The molecule has 1 unspecified atom stereocenters. The highest BCUT2D eigenvalue weighted by Crippen LogP contribution is 2.35. The summed E-state index contributed by atoms with van der Waals surface area (Å²) in [5, 5.41) is 18.0. The van der Waals surface area contributed by atoms with E-state index in [0.29, 0.717) is 11.5 Å². The number of benzene rings is 2. The summed E-state index contributed by atoms with van der Waals surface area (Å²) in [6.45, 7) is 1.86. The Kier molecular flexibility index (Phi) is 4.64. The summed E-state index contributed by atoms with van der Waals surface area (Å²) in [6.07, 6.45) is 2.03. The van der Waals surface area contributed by atoms with Crippen LogP contribution in [0.3, 0.4) is 0 Å². The van der Waals surface area contributed by atoms with Crippen LogP contribution in [0.2, 0.25) is 0 Å². The predicted octanol–water partition coefficient (Wildman–Crippen LogP) is 3.32. The van der Waals surface area contributed by atoms with Crippen LogP contribution in [-0.4, -0.2) is 32.4 Å². The standard InChI is InChI=1S/C19H18N6OS/c1-12-16(18(26)21-14-6-4-3-5-7-14)17(25-19(20-12)22-23-24-25)13-8-10-15(27-2)11-9-13/h3-11,17H,1-2H3,(H,21,26)(H,20,22,24). The molecule has 27 heavy (non-hydrogen) atoms. The Labute approximate surface area is 160 Å². The number of aromatic nitrogens is 4. The predicted molar refractivity (Wildman–Crippen MR) is 106 cm³/mol. The highest BCUT2D eigenvalue weighted by molar-refractivity contribution is 7.98. The molecule has 0 saturated heterocycles. The van der Waals surface area contributed by atoms with Gasteiger partial charge in [-0.1, -0.05) is 35.4 Å². The van der Waals surface area contributed by atoms with Gasteiger partial charge in [-0.2, -0.15) is 4.68 Å². The van der Waals surface area contributed by atoms with Crippen molar-refractivity contribution in [3.8, 4) is 0 Å². The van der Waals surface area contributed by atoms with E-state index < -0.39 is 6.04 Å². The molecular weight excluding hydrogens is 360 g/mol. The second-order valence-electron chi connectivity index (χ2n) is 6.11. The van der Waals surface area contributed by atoms with E-state index in [4.69, 9.17) is 0 Å². The number of nitrogens with one attached hydrogen (secondary N) is 2. The first-order valence-electron chi connectivity index (χ1n) is 8.43. The zero-order chi connectivity index (χ0) is 18.8. The van der Waals surface area contributed by atoms with Gasteiger partial charge in [-0.25, -0.2) is 0 Å². The van der Waals surface area contributed by atoms with Gasteiger partial charge in [0.25, 0.3) is 5.91 Å². The van der Waals surface area contributed by atoms with E-state index in [2.05, 4.69) is 26.2 Å². The number of allylic oxidation sites excluding steroid dienone is 1. The molecule has 0 fully saturated rings. The smallest absolute Gasteiger partial charge is 0.255 e. The van der Waals surface area contributed by atoms with Crippen molar-refractivity contribution in [1.29, 1.82) is 0 Å². The molecule has 2 heterocycles. The van der Waals surface area contributed by atoms with Gasteiger partial charge in [-0.3, -0.25) is 4.79 Å². The van der Waals surface area contributed by atoms with Crippen LogP contribution in [0.5, 0.6) is 0 Å². The van der Waals surface area contributed by atoms with Gasteiger partial charge in [0.15, 0.2) is 0 Å². The highest BCUT2D eigenvalue weighted by atomic mass is 32.2. The number of nitrogens with zero attached hydrogens (tertiary/aromatic N) is 4. The van der Waals surface area contributed by atoms with Crippen molar-refractivity contribution in [2.45, 2.75) is 17.9 Å². The molecule has 2 aromatic carbocycles. The maximum atomic E-state index is 13.1. The second-order valence-corrected chi connectivity index (χ2v) is 6.99. The number of carbonyl (C=O) groups is 1. The lowest BCUT2D eigenvalue weighted by Gasteiger charge is -2.28. The quantitative estimate of drug-likeness (QED) is 0.678. The molecule has 4 rings (SSSR count). The summed E-state index contributed by atoms with van der Waals surface area (Å²) < 4.78 is 1.64. The van der Waals surface area contributed by atoms with Crippen molar-refractivity contribution in [2.24, 2.45) is 0 Å². The Balaban J connectivity index is 1.75. The first kappa shape index (κ1) is 17.3. The summed E-state index contributed by atoms with van der Waals surface area (Å²) in [5.74, 6) is 0.328. The molecule has 0 spiro atoms. The Hall–Kier alpha value is -3.13. The maximum absolute atomic E-state index is 13.1. The number of thioether (sulfide) groups is 1. The highest BCUT2D eigenvalue weighted by Gasteiger charge is 2.33. The Morgan fingerprint density at radius 3 is 2.59 bits per heavy atom. The van der Waals surface area contributed by atoms with Gasteiger partial charge in [-0.05, 0) is 53.4 Å². The molecule has 1 aliphatic rings. The molecule has 1 atom stereocenters. The molecule has 0 saturated carbocycles. The maximum Gasteiger partial charge on any atom is 0.255 e. The Bertz CT molecular complexity index is 997. The minimum absolute atomic E-state index is 0.189. The largest absolute Gasteiger partial charge is 0.326 e. The van der Waals surface area contributed by atoms with Crippen molar-refractivity contribution in [3.63, 3.8) is 0 Å². The number of carbonyl (C=O) groups excluding carboxylic acids is 1. The summed E-state index contributed by atoms with van der Waals surface area (Å²) in [4.78, 5) is 14.3. The van der Waals surface area contributed by atoms with Crippen LogP contribution in [-0.2, 0) is 4.79 Å². The van der Waals surface area contributed by atoms with E-state index in [9.17, 15) is 4.79 Å². The number of anilines is 2. The van der Waals surface area contributed by atoms with Crippen molar-refractivity contribution < 1.29 is 4.79 Å². The number of fused-ring (bicyclic) bond motifs is 1. The molecular formula is C19H18N6OS. The van der Waals surface area contributed by atoms with Crippen molar-refractivity contribution in [1.82, 2.24) is 20.2 Å². The van der Waals surface area contributed by atoms with Gasteiger partial charge >= 0.3 is 0 Å². The van der Waals surface area contributed by atoms with Crippen molar-refractivity contribution >= 4 is 29.3 Å². The molecule has 8 heteroatoms. The van der Waals surface area contributed by atoms with Crippen LogP contribution >= 0.6 is 11.8 Å². The van der Waals surface area contributed by atoms with Crippen molar-refractivity contribution in [3.05, 3.63) is 71.4 Å². The fourth-order valence-corrected chi connectivity index (χ4v) is 3.53. The minimum Gasteiger partial charge on any atom is -0.326 e. The van der Waals surface area contributed by atoms with E-state index in [1.54, 1.807) is 16.4 Å². The Morgan fingerprint density at radius 1 is 1.15 bits per heavy atom. The summed E-state index contributed by atoms with van der Waals surface area (Å²) in [6, 6.07) is 17.1.